The van der Waals surface area contributed by atoms with Gasteiger partial charge in [0, 0.05) is 6.42 Å². The van der Waals surface area contributed by atoms with Gasteiger partial charge in [-0.3, -0.25) is 4.40 Å². The summed E-state index contributed by atoms with van der Waals surface area (Å²) in [4.78, 5) is 6.09. The lowest BCUT2D eigenvalue weighted by Crippen LogP contribution is -2.21. The van der Waals surface area contributed by atoms with Gasteiger partial charge in [-0.05, 0) is 37.6 Å². The van der Waals surface area contributed by atoms with E-state index in [0.29, 0.717) is 40.9 Å². The lowest BCUT2D eigenvalue weighted by Gasteiger charge is -2.17. The van der Waals surface area contributed by atoms with Crippen LogP contribution in [0.5, 0.6) is 5.75 Å². The van der Waals surface area contributed by atoms with Crippen molar-refractivity contribution < 1.29 is 14.9 Å². The van der Waals surface area contributed by atoms with E-state index in [2.05, 4.69) is 15.3 Å². The molecule has 10 heteroatoms. The fraction of sp³-hybridized carbons (Fsp3) is 0.240. The van der Waals surface area contributed by atoms with E-state index >= 15 is 0 Å². The molecule has 0 aliphatic carbocycles. The van der Waals surface area contributed by atoms with Crippen molar-refractivity contribution in [2.75, 3.05) is 6.61 Å². The van der Waals surface area contributed by atoms with Crippen molar-refractivity contribution >= 4 is 27.8 Å². The average Bonchev–Trinajstić information content (AvgIpc) is 3.56. The van der Waals surface area contributed by atoms with E-state index in [9.17, 15) is 10.2 Å². The molecule has 5 rings (SSSR count). The maximum atomic E-state index is 11.3. The monoisotopic (exact) mass is 509 g/mol. The molecule has 0 radical (unpaired) electrons. The molecule has 0 unspecified atom stereocenters. The largest absolute Gasteiger partial charge is 0.492 e. The molecule has 0 saturated carbocycles. The van der Waals surface area contributed by atoms with Crippen molar-refractivity contribution in [1.29, 1.82) is 0 Å². The Balaban J connectivity index is 1.41. The first kappa shape index (κ1) is 23.5. The van der Waals surface area contributed by atoms with Gasteiger partial charge in [0.2, 0.25) is 0 Å². The minimum absolute atomic E-state index is 0.343. The van der Waals surface area contributed by atoms with Crippen LogP contribution in [0.3, 0.4) is 0 Å². The van der Waals surface area contributed by atoms with E-state index in [-0.39, 0.29) is 0 Å². The van der Waals surface area contributed by atoms with Crippen LogP contribution in [-0.4, -0.2) is 46.8 Å². The molecule has 0 aliphatic heterocycles. The Labute approximate surface area is 211 Å². The Bertz CT molecular complexity index is 1460. The number of hydrogen-bond donors (Lipinski definition) is 2. The van der Waals surface area contributed by atoms with Crippen LogP contribution in [-0.2, 0) is 0 Å². The summed E-state index contributed by atoms with van der Waals surface area (Å²) in [6.45, 7) is 3.80. The Morgan fingerprint density at radius 2 is 1.97 bits per heavy atom. The van der Waals surface area contributed by atoms with Crippen molar-refractivity contribution in [2.45, 2.75) is 32.0 Å². The number of aromatic nitrogens is 5. The first-order valence-electron chi connectivity index (χ1n) is 11.1. The molecule has 0 saturated heterocycles. The van der Waals surface area contributed by atoms with Gasteiger partial charge >= 0.3 is 0 Å². The smallest absolute Gasteiger partial charge is 0.141 e. The van der Waals surface area contributed by atoms with Gasteiger partial charge in [0.15, 0.2) is 0 Å². The highest BCUT2D eigenvalue weighted by atomic mass is 35.5. The third kappa shape index (κ3) is 4.94. The number of imidazole rings is 1. The molecule has 1 atom stereocenters. The van der Waals surface area contributed by atoms with E-state index in [1.807, 2.05) is 40.8 Å². The van der Waals surface area contributed by atoms with Crippen LogP contribution in [0, 0.1) is 0 Å². The molecule has 3 aromatic heterocycles. The predicted molar refractivity (Wildman–Crippen MR) is 135 cm³/mol. The Hall–Kier alpha value is -3.24. The minimum Gasteiger partial charge on any atom is -0.492 e. The van der Waals surface area contributed by atoms with Gasteiger partial charge in [0.25, 0.3) is 0 Å². The van der Waals surface area contributed by atoms with Gasteiger partial charge in [-0.1, -0.05) is 47.1 Å². The van der Waals surface area contributed by atoms with Crippen LogP contribution in [0.15, 0.2) is 67.3 Å². The number of aliphatic hydroxyl groups excluding tert-OH is 1. The average molecular weight is 510 g/mol. The summed E-state index contributed by atoms with van der Waals surface area (Å²) < 4.78 is 9.14. The van der Waals surface area contributed by atoms with E-state index in [0.717, 1.165) is 15.3 Å². The van der Waals surface area contributed by atoms with Crippen molar-refractivity contribution in [1.82, 2.24) is 24.4 Å². The molecule has 0 bridgehead atoms. The second kappa shape index (κ2) is 9.43. The quantitative estimate of drug-likeness (QED) is 0.308. The molecular formula is C25H24ClN5O3S. The van der Waals surface area contributed by atoms with E-state index in [1.54, 1.807) is 60.7 Å². The van der Waals surface area contributed by atoms with Gasteiger partial charge in [0.05, 0.1) is 45.9 Å². The highest BCUT2D eigenvalue weighted by molar-refractivity contribution is 7.20. The van der Waals surface area contributed by atoms with E-state index < -0.39 is 11.7 Å². The number of benzene rings is 2. The molecule has 0 spiro atoms. The van der Waals surface area contributed by atoms with Gasteiger partial charge in [-0.15, -0.1) is 16.4 Å². The summed E-state index contributed by atoms with van der Waals surface area (Å²) in [5, 5.41) is 30.0. The maximum Gasteiger partial charge on any atom is 0.141 e. The fourth-order valence-corrected chi connectivity index (χ4v) is 5.05. The van der Waals surface area contributed by atoms with Crippen LogP contribution in [0.4, 0.5) is 0 Å². The molecule has 5 aromatic rings. The number of hydrogen-bond acceptors (Lipinski definition) is 7. The molecule has 3 heterocycles. The molecular weight excluding hydrogens is 486 g/mol. The van der Waals surface area contributed by atoms with Crippen LogP contribution >= 0.6 is 22.9 Å². The molecule has 2 N–H and O–H groups in total. The summed E-state index contributed by atoms with van der Waals surface area (Å²) in [5.74, 6) is 0.522. The number of fused-ring (bicyclic) bond motifs is 1. The summed E-state index contributed by atoms with van der Waals surface area (Å²) in [7, 11) is 0. The highest BCUT2D eigenvalue weighted by Crippen LogP contribution is 2.38. The minimum atomic E-state index is -1.01. The molecule has 35 heavy (non-hydrogen) atoms. The second-order valence-electron chi connectivity index (χ2n) is 8.80. The number of thiazole rings is 1. The topological polar surface area (TPSA) is 97.7 Å². The zero-order valence-corrected chi connectivity index (χ0v) is 20.7. The summed E-state index contributed by atoms with van der Waals surface area (Å²) in [5.41, 5.74) is 1.97. The zero-order valence-electron chi connectivity index (χ0n) is 19.2. The highest BCUT2D eigenvalue weighted by Gasteiger charge is 2.25. The number of ether oxygens (including phenoxy) is 1. The fourth-order valence-electron chi connectivity index (χ4n) is 3.69. The van der Waals surface area contributed by atoms with Crippen LogP contribution in [0.25, 0.3) is 21.0 Å². The first-order chi connectivity index (χ1) is 16.8. The van der Waals surface area contributed by atoms with E-state index in [1.165, 1.54) is 0 Å². The number of rotatable bonds is 8. The molecule has 180 valence electrons. The summed E-state index contributed by atoms with van der Waals surface area (Å²) >= 11 is 7.97. The normalized spacial score (nSPS) is 12.8. The van der Waals surface area contributed by atoms with Crippen LogP contribution in [0.2, 0.25) is 5.02 Å². The Morgan fingerprint density at radius 1 is 1.17 bits per heavy atom. The number of halogens is 1. The van der Waals surface area contributed by atoms with E-state index in [4.69, 9.17) is 16.3 Å². The van der Waals surface area contributed by atoms with Crippen molar-refractivity contribution in [3.63, 3.8) is 0 Å². The summed E-state index contributed by atoms with van der Waals surface area (Å²) in [6, 6.07) is 15.2. The van der Waals surface area contributed by atoms with Crippen LogP contribution < -0.4 is 4.74 Å². The zero-order chi connectivity index (χ0) is 24.6. The van der Waals surface area contributed by atoms with Gasteiger partial charge in [-0.2, -0.15) is 0 Å². The van der Waals surface area contributed by atoms with Crippen molar-refractivity contribution in [3.05, 3.63) is 83.7 Å². The SMILES string of the molecule is CC(C)(O)CCOc1ccc(-n2cc([C@H](O)c3c(-c4ccccc4)sc4cncn34)nn2)cc1Cl. The Morgan fingerprint density at radius 3 is 2.71 bits per heavy atom. The molecule has 8 nitrogen and oxygen atoms in total. The maximum absolute atomic E-state index is 11.3. The Kier molecular flexibility index (Phi) is 6.33. The van der Waals surface area contributed by atoms with Gasteiger partial charge in [-0.25, -0.2) is 9.67 Å². The molecule has 0 aliphatic rings. The lowest BCUT2D eigenvalue weighted by molar-refractivity contribution is 0.0553. The van der Waals surface area contributed by atoms with Gasteiger partial charge in [0.1, 0.15) is 28.7 Å². The number of nitrogens with zero attached hydrogens (tertiary/aromatic N) is 5. The third-order valence-corrected chi connectivity index (χ3v) is 7.00. The summed E-state index contributed by atoms with van der Waals surface area (Å²) in [6.07, 6.45) is 4.62. The number of aliphatic hydroxyl groups is 2. The standard InChI is InChI=1S/C25H24ClN5O3S/c1-25(2,33)10-11-34-20-9-8-17(12-18(20)26)31-14-19(28-29-31)23(32)22-24(16-6-4-3-5-7-16)35-21-13-27-15-30(21)22/h3-9,12-15,23,32-33H,10-11H2,1-2H3/t23-/m0/s1. The van der Waals surface area contributed by atoms with Crippen molar-refractivity contribution in [3.8, 4) is 21.9 Å². The second-order valence-corrected chi connectivity index (χ2v) is 10.2. The lowest BCUT2D eigenvalue weighted by atomic mass is 10.1. The molecule has 0 fully saturated rings. The van der Waals surface area contributed by atoms with Gasteiger partial charge < -0.3 is 14.9 Å². The van der Waals surface area contributed by atoms with Crippen LogP contribution in [0.1, 0.15) is 37.8 Å². The first-order valence-corrected chi connectivity index (χ1v) is 12.3. The molecule has 2 aromatic carbocycles. The van der Waals surface area contributed by atoms with Crippen molar-refractivity contribution in [2.24, 2.45) is 0 Å². The molecule has 0 amide bonds. The third-order valence-electron chi connectivity index (χ3n) is 5.54. The predicted octanol–water partition coefficient (Wildman–Crippen LogP) is 4.92.